The zero-order valence-corrected chi connectivity index (χ0v) is 14.3. The summed E-state index contributed by atoms with van der Waals surface area (Å²) in [6.45, 7) is 4.42. The highest BCUT2D eigenvalue weighted by molar-refractivity contribution is 5.59. The second-order valence-electron chi connectivity index (χ2n) is 6.41. The van der Waals surface area contributed by atoms with Crippen molar-refractivity contribution < 1.29 is 0 Å². The second kappa shape index (κ2) is 7.99. The molecule has 5 nitrogen and oxygen atoms in total. The van der Waals surface area contributed by atoms with Crippen LogP contribution in [0.4, 0.5) is 17.3 Å². The van der Waals surface area contributed by atoms with E-state index in [0.29, 0.717) is 5.95 Å². The molecular formula is C19H26N4O. The third kappa shape index (κ3) is 4.37. The van der Waals surface area contributed by atoms with Crippen LogP contribution in [0.3, 0.4) is 0 Å². The van der Waals surface area contributed by atoms with Crippen LogP contribution >= 0.6 is 0 Å². The van der Waals surface area contributed by atoms with E-state index in [0.717, 1.165) is 43.7 Å². The Labute approximate surface area is 143 Å². The molecule has 0 aliphatic carbocycles. The molecule has 128 valence electrons. The molecule has 0 atom stereocenters. The maximum Gasteiger partial charge on any atom is 0.252 e. The molecule has 0 saturated carbocycles. The summed E-state index contributed by atoms with van der Waals surface area (Å²) in [5, 5.41) is 3.21. The van der Waals surface area contributed by atoms with Gasteiger partial charge < -0.3 is 10.2 Å². The maximum absolute atomic E-state index is 11.8. The minimum atomic E-state index is -0.108. The molecule has 0 radical (unpaired) electrons. The molecule has 2 heterocycles. The van der Waals surface area contributed by atoms with E-state index in [1.165, 1.54) is 24.9 Å². The SMILES string of the molecule is CCCCc1cc(=O)[nH]c(Nc2ccc(N3CCCCC3)cc2)n1. The van der Waals surface area contributed by atoms with Gasteiger partial charge in [-0.2, -0.15) is 0 Å². The smallest absolute Gasteiger partial charge is 0.252 e. The third-order valence-electron chi connectivity index (χ3n) is 4.43. The van der Waals surface area contributed by atoms with Crippen LogP contribution in [0.1, 0.15) is 44.7 Å². The Morgan fingerprint density at radius 3 is 2.62 bits per heavy atom. The van der Waals surface area contributed by atoms with Crippen LogP contribution in [0.2, 0.25) is 0 Å². The molecule has 1 aliphatic heterocycles. The summed E-state index contributed by atoms with van der Waals surface area (Å²) in [4.78, 5) is 21.5. The number of nitrogens with one attached hydrogen (secondary N) is 2. The summed E-state index contributed by atoms with van der Waals surface area (Å²) < 4.78 is 0. The van der Waals surface area contributed by atoms with E-state index in [1.54, 1.807) is 6.07 Å². The minimum Gasteiger partial charge on any atom is -0.372 e. The summed E-state index contributed by atoms with van der Waals surface area (Å²) in [6, 6.07) is 9.94. The van der Waals surface area contributed by atoms with Crippen molar-refractivity contribution in [1.82, 2.24) is 9.97 Å². The van der Waals surface area contributed by atoms with Crippen LogP contribution in [-0.2, 0) is 6.42 Å². The van der Waals surface area contributed by atoms with Gasteiger partial charge in [0.2, 0.25) is 5.95 Å². The Hall–Kier alpha value is -2.30. The number of hydrogen-bond acceptors (Lipinski definition) is 4. The molecule has 1 saturated heterocycles. The van der Waals surface area contributed by atoms with Gasteiger partial charge in [0, 0.05) is 36.2 Å². The lowest BCUT2D eigenvalue weighted by atomic mass is 10.1. The molecule has 0 amide bonds. The van der Waals surface area contributed by atoms with Crippen molar-refractivity contribution in [2.75, 3.05) is 23.3 Å². The van der Waals surface area contributed by atoms with Crippen molar-refractivity contribution in [3.63, 3.8) is 0 Å². The largest absolute Gasteiger partial charge is 0.372 e. The first-order chi connectivity index (χ1) is 11.7. The van der Waals surface area contributed by atoms with Gasteiger partial charge in [0.05, 0.1) is 0 Å². The van der Waals surface area contributed by atoms with E-state index in [2.05, 4.69) is 39.2 Å². The fourth-order valence-corrected chi connectivity index (χ4v) is 3.10. The zero-order chi connectivity index (χ0) is 16.8. The first kappa shape index (κ1) is 16.6. The molecule has 0 bridgehead atoms. The quantitative estimate of drug-likeness (QED) is 0.846. The molecule has 24 heavy (non-hydrogen) atoms. The van der Waals surface area contributed by atoms with Crippen molar-refractivity contribution in [2.24, 2.45) is 0 Å². The lowest BCUT2D eigenvalue weighted by Gasteiger charge is -2.28. The molecular weight excluding hydrogens is 300 g/mol. The number of unbranched alkanes of at least 4 members (excludes halogenated alkanes) is 1. The standard InChI is InChI=1S/C19H26N4O/c1-2-3-7-16-14-18(24)22-19(21-16)20-15-8-10-17(11-9-15)23-12-5-4-6-13-23/h8-11,14H,2-7,12-13H2,1H3,(H2,20,21,22,24). The van der Waals surface area contributed by atoms with Crippen LogP contribution in [0.25, 0.3) is 0 Å². The van der Waals surface area contributed by atoms with E-state index in [9.17, 15) is 4.79 Å². The van der Waals surface area contributed by atoms with Gasteiger partial charge in [-0.25, -0.2) is 4.98 Å². The van der Waals surface area contributed by atoms with Crippen LogP contribution in [0.15, 0.2) is 35.1 Å². The van der Waals surface area contributed by atoms with Crippen LogP contribution in [-0.4, -0.2) is 23.1 Å². The molecule has 0 unspecified atom stereocenters. The number of rotatable bonds is 6. The Morgan fingerprint density at radius 2 is 1.92 bits per heavy atom. The fraction of sp³-hybridized carbons (Fsp3) is 0.474. The first-order valence-corrected chi connectivity index (χ1v) is 8.97. The van der Waals surface area contributed by atoms with Gasteiger partial charge >= 0.3 is 0 Å². The van der Waals surface area contributed by atoms with Crippen molar-refractivity contribution in [3.8, 4) is 0 Å². The Morgan fingerprint density at radius 1 is 1.17 bits per heavy atom. The highest BCUT2D eigenvalue weighted by Gasteiger charge is 2.10. The van der Waals surface area contributed by atoms with Crippen LogP contribution in [0.5, 0.6) is 0 Å². The van der Waals surface area contributed by atoms with E-state index >= 15 is 0 Å². The molecule has 5 heteroatoms. The van der Waals surface area contributed by atoms with Crippen LogP contribution in [0, 0.1) is 0 Å². The summed E-state index contributed by atoms with van der Waals surface area (Å²) in [5.41, 5.74) is 2.93. The van der Waals surface area contributed by atoms with Crippen molar-refractivity contribution in [1.29, 1.82) is 0 Å². The predicted octanol–water partition coefficient (Wildman–Crippen LogP) is 3.85. The highest BCUT2D eigenvalue weighted by atomic mass is 16.1. The van der Waals surface area contributed by atoms with Crippen molar-refractivity contribution in [3.05, 3.63) is 46.4 Å². The van der Waals surface area contributed by atoms with E-state index in [4.69, 9.17) is 0 Å². The highest BCUT2D eigenvalue weighted by Crippen LogP contribution is 2.22. The van der Waals surface area contributed by atoms with Gasteiger partial charge in [-0.3, -0.25) is 9.78 Å². The van der Waals surface area contributed by atoms with Gasteiger partial charge in [-0.15, -0.1) is 0 Å². The van der Waals surface area contributed by atoms with Gasteiger partial charge in [0.25, 0.3) is 5.56 Å². The number of nitrogens with zero attached hydrogens (tertiary/aromatic N) is 2. The number of hydrogen-bond donors (Lipinski definition) is 2. The minimum absolute atomic E-state index is 0.108. The normalized spacial score (nSPS) is 14.6. The van der Waals surface area contributed by atoms with E-state index in [-0.39, 0.29) is 5.56 Å². The molecule has 1 fully saturated rings. The Bertz CT molecular complexity index is 702. The third-order valence-corrected chi connectivity index (χ3v) is 4.43. The molecule has 2 aromatic rings. The fourth-order valence-electron chi connectivity index (χ4n) is 3.10. The lowest BCUT2D eigenvalue weighted by Crippen LogP contribution is -2.29. The molecule has 1 aromatic heterocycles. The lowest BCUT2D eigenvalue weighted by molar-refractivity contribution is 0.578. The first-order valence-electron chi connectivity index (χ1n) is 8.97. The Kier molecular flexibility index (Phi) is 5.51. The van der Waals surface area contributed by atoms with Gasteiger partial charge in [0.15, 0.2) is 0 Å². The number of aromatic amines is 1. The number of aryl methyl sites for hydroxylation is 1. The van der Waals surface area contributed by atoms with Crippen LogP contribution < -0.4 is 15.8 Å². The van der Waals surface area contributed by atoms with E-state index in [1.807, 2.05) is 12.1 Å². The second-order valence-corrected chi connectivity index (χ2v) is 6.41. The van der Waals surface area contributed by atoms with E-state index < -0.39 is 0 Å². The predicted molar refractivity (Wildman–Crippen MR) is 99.3 cm³/mol. The topological polar surface area (TPSA) is 61.0 Å². The number of aromatic nitrogens is 2. The Balaban J connectivity index is 1.69. The molecule has 1 aromatic carbocycles. The summed E-state index contributed by atoms with van der Waals surface area (Å²) >= 11 is 0. The van der Waals surface area contributed by atoms with Gasteiger partial charge in [0.1, 0.15) is 0 Å². The number of anilines is 3. The number of H-pyrrole nitrogens is 1. The maximum atomic E-state index is 11.8. The molecule has 0 spiro atoms. The molecule has 1 aliphatic rings. The zero-order valence-electron chi connectivity index (χ0n) is 14.3. The molecule has 2 N–H and O–H groups in total. The van der Waals surface area contributed by atoms with Gasteiger partial charge in [-0.05, 0) is 56.4 Å². The molecule has 3 rings (SSSR count). The summed E-state index contributed by atoms with van der Waals surface area (Å²) in [5.74, 6) is 0.513. The number of piperidine rings is 1. The monoisotopic (exact) mass is 326 g/mol. The van der Waals surface area contributed by atoms with Crippen molar-refractivity contribution in [2.45, 2.75) is 45.4 Å². The average molecular weight is 326 g/mol. The van der Waals surface area contributed by atoms with Gasteiger partial charge in [-0.1, -0.05) is 13.3 Å². The number of benzene rings is 1. The average Bonchev–Trinajstić information content (AvgIpc) is 2.61. The van der Waals surface area contributed by atoms with Crippen molar-refractivity contribution >= 4 is 17.3 Å². The summed E-state index contributed by atoms with van der Waals surface area (Å²) in [7, 11) is 0. The summed E-state index contributed by atoms with van der Waals surface area (Å²) in [6.07, 6.45) is 6.85.